The number of hydrogen-bond donors (Lipinski definition) is 0. The van der Waals surface area contributed by atoms with E-state index in [4.69, 9.17) is 0 Å². The van der Waals surface area contributed by atoms with Crippen molar-refractivity contribution in [1.29, 1.82) is 0 Å². The third-order valence-electron chi connectivity index (χ3n) is 4.51. The van der Waals surface area contributed by atoms with E-state index in [1.807, 2.05) is 25.2 Å². The quantitative estimate of drug-likeness (QED) is 0.859. The van der Waals surface area contributed by atoms with Crippen LogP contribution in [0.4, 0.5) is 0 Å². The Morgan fingerprint density at radius 3 is 2.73 bits per heavy atom. The van der Waals surface area contributed by atoms with Crippen LogP contribution in [0, 0.1) is 0 Å². The van der Waals surface area contributed by atoms with Gasteiger partial charge in [0, 0.05) is 12.3 Å². The third-order valence-corrected chi connectivity index (χ3v) is 7.18. The van der Waals surface area contributed by atoms with E-state index in [-0.39, 0.29) is 11.3 Å². The fraction of sp³-hybridized carbons (Fsp3) is 0.562. The number of thiazole rings is 1. The zero-order chi connectivity index (χ0) is 15.7. The van der Waals surface area contributed by atoms with Crippen LogP contribution in [0.1, 0.15) is 30.7 Å². The second-order valence-corrected chi connectivity index (χ2v) is 9.59. The number of aromatic nitrogens is 1. The highest BCUT2D eigenvalue weighted by Gasteiger charge is 2.35. The molecule has 22 heavy (non-hydrogen) atoms. The summed E-state index contributed by atoms with van der Waals surface area (Å²) in [5.74, 6) is 0. The first-order valence-corrected chi connectivity index (χ1v) is 10.5. The lowest BCUT2D eigenvalue weighted by molar-refractivity contribution is 0.187. The highest BCUT2D eigenvalue weighted by atomic mass is 32.2. The van der Waals surface area contributed by atoms with E-state index < -0.39 is 9.84 Å². The van der Waals surface area contributed by atoms with Crippen LogP contribution >= 0.6 is 11.3 Å². The first-order chi connectivity index (χ1) is 10.4. The van der Waals surface area contributed by atoms with E-state index in [1.54, 1.807) is 11.3 Å². The van der Waals surface area contributed by atoms with Crippen LogP contribution in [0.2, 0.25) is 0 Å². The average molecular weight is 338 g/mol. The van der Waals surface area contributed by atoms with E-state index in [9.17, 15) is 8.42 Å². The Morgan fingerprint density at radius 2 is 2.00 bits per heavy atom. The van der Waals surface area contributed by atoms with Gasteiger partial charge in [-0.1, -0.05) is 25.0 Å². The van der Waals surface area contributed by atoms with Gasteiger partial charge in [0.2, 0.25) is 0 Å². The first kappa shape index (κ1) is 15.9. The van der Waals surface area contributed by atoms with Gasteiger partial charge >= 0.3 is 0 Å². The summed E-state index contributed by atoms with van der Waals surface area (Å²) < 4.78 is 25.3. The van der Waals surface area contributed by atoms with Gasteiger partial charge in [-0.25, -0.2) is 13.4 Å². The Kier molecular flexibility index (Phi) is 4.52. The van der Waals surface area contributed by atoms with Crippen molar-refractivity contribution in [2.75, 3.05) is 13.3 Å². The minimum atomic E-state index is -3.00. The maximum absolute atomic E-state index is 12.1. The molecule has 120 valence electrons. The Hall–Kier alpha value is -0.980. The maximum atomic E-state index is 12.1. The highest BCUT2D eigenvalue weighted by molar-refractivity contribution is 7.91. The largest absolute Gasteiger partial charge is 0.295 e. The summed E-state index contributed by atoms with van der Waals surface area (Å²) in [5.41, 5.74) is 1.03. The van der Waals surface area contributed by atoms with Gasteiger partial charge in [0.15, 0.2) is 9.84 Å². The lowest BCUT2D eigenvalue weighted by Gasteiger charge is -2.36. The molecule has 0 amide bonds. The van der Waals surface area contributed by atoms with Crippen LogP contribution in [0.5, 0.6) is 0 Å². The standard InChI is InChI=1S/C16H22N2O2S2/c1-18(13-8-4-6-10-15(13)22(2,19)20)11-16-17-12-7-3-5-9-14(12)21-16/h3,5,7,9,13,15H,4,6,8,10-11H2,1-2H3/t13-,15+/m1/s1. The minimum absolute atomic E-state index is 0.107. The predicted molar refractivity (Wildman–Crippen MR) is 92.0 cm³/mol. The topological polar surface area (TPSA) is 50.3 Å². The summed E-state index contributed by atoms with van der Waals surface area (Å²) in [7, 11) is -0.968. The summed E-state index contributed by atoms with van der Waals surface area (Å²) in [6.45, 7) is 0.718. The van der Waals surface area contributed by atoms with E-state index in [0.717, 1.165) is 42.8 Å². The Labute approximate surface area is 136 Å². The molecule has 1 aliphatic rings. The average Bonchev–Trinajstić information content (AvgIpc) is 2.88. The number of sulfone groups is 1. The van der Waals surface area contributed by atoms with Crippen LogP contribution in [0.3, 0.4) is 0 Å². The molecule has 0 spiro atoms. The lowest BCUT2D eigenvalue weighted by Crippen LogP contribution is -2.46. The van der Waals surface area contributed by atoms with Crippen molar-refractivity contribution >= 4 is 31.4 Å². The summed E-state index contributed by atoms with van der Waals surface area (Å²) >= 11 is 1.70. The van der Waals surface area contributed by atoms with Crippen molar-refractivity contribution in [2.45, 2.75) is 43.5 Å². The van der Waals surface area contributed by atoms with Crippen molar-refractivity contribution in [3.63, 3.8) is 0 Å². The summed E-state index contributed by atoms with van der Waals surface area (Å²) in [6, 6.07) is 8.23. The Bertz CT molecular complexity index is 721. The van der Waals surface area contributed by atoms with Gasteiger partial charge < -0.3 is 0 Å². The van der Waals surface area contributed by atoms with Gasteiger partial charge in [0.25, 0.3) is 0 Å². The van der Waals surface area contributed by atoms with Gasteiger partial charge in [-0.15, -0.1) is 11.3 Å². The number of para-hydroxylation sites is 1. The van der Waals surface area contributed by atoms with Crippen LogP contribution < -0.4 is 0 Å². The zero-order valence-electron chi connectivity index (χ0n) is 13.0. The summed E-state index contributed by atoms with van der Waals surface area (Å²) in [6.07, 6.45) is 5.25. The molecule has 1 aliphatic carbocycles. The number of fused-ring (bicyclic) bond motifs is 1. The predicted octanol–water partition coefficient (Wildman–Crippen LogP) is 3.08. The van der Waals surface area contributed by atoms with Crippen LogP contribution in [-0.2, 0) is 16.4 Å². The highest BCUT2D eigenvalue weighted by Crippen LogP contribution is 2.29. The van der Waals surface area contributed by atoms with Crippen LogP contribution in [0.15, 0.2) is 24.3 Å². The molecule has 0 saturated heterocycles. The van der Waals surface area contributed by atoms with Crippen LogP contribution in [-0.4, -0.2) is 42.9 Å². The summed E-state index contributed by atoms with van der Waals surface area (Å²) in [4.78, 5) is 6.85. The van der Waals surface area contributed by atoms with Gasteiger partial charge in [-0.05, 0) is 32.0 Å². The molecule has 2 atom stereocenters. The normalized spacial score (nSPS) is 23.2. The fourth-order valence-corrected chi connectivity index (χ4v) is 5.94. The molecule has 2 aromatic rings. The maximum Gasteiger partial charge on any atom is 0.151 e. The Morgan fingerprint density at radius 1 is 1.27 bits per heavy atom. The molecular weight excluding hydrogens is 316 g/mol. The van der Waals surface area contributed by atoms with Crippen molar-refractivity contribution < 1.29 is 8.42 Å². The molecule has 0 bridgehead atoms. The third kappa shape index (κ3) is 3.34. The van der Waals surface area contributed by atoms with Crippen molar-refractivity contribution in [3.05, 3.63) is 29.3 Å². The molecule has 0 aliphatic heterocycles. The smallest absolute Gasteiger partial charge is 0.151 e. The molecular formula is C16H22N2O2S2. The van der Waals surface area contributed by atoms with E-state index in [1.165, 1.54) is 11.0 Å². The molecule has 1 aromatic heterocycles. The van der Waals surface area contributed by atoms with E-state index >= 15 is 0 Å². The molecule has 0 unspecified atom stereocenters. The van der Waals surface area contributed by atoms with E-state index in [0.29, 0.717) is 0 Å². The second-order valence-electron chi connectivity index (χ2n) is 6.21. The fourth-order valence-electron chi connectivity index (χ4n) is 3.40. The van der Waals surface area contributed by atoms with Crippen molar-refractivity contribution in [1.82, 2.24) is 9.88 Å². The molecule has 0 N–H and O–H groups in total. The number of rotatable bonds is 4. The molecule has 1 aromatic carbocycles. The molecule has 1 saturated carbocycles. The lowest BCUT2D eigenvalue weighted by atomic mass is 9.94. The molecule has 1 heterocycles. The van der Waals surface area contributed by atoms with Gasteiger partial charge in [-0.3, -0.25) is 4.90 Å². The summed E-state index contributed by atoms with van der Waals surface area (Å²) in [5, 5.41) is 0.821. The van der Waals surface area contributed by atoms with Crippen molar-refractivity contribution in [2.24, 2.45) is 0 Å². The van der Waals surface area contributed by atoms with Crippen LogP contribution in [0.25, 0.3) is 10.2 Å². The monoisotopic (exact) mass is 338 g/mol. The van der Waals surface area contributed by atoms with Gasteiger partial charge in [0.05, 0.1) is 22.0 Å². The Balaban J connectivity index is 1.78. The molecule has 1 fully saturated rings. The number of benzene rings is 1. The molecule has 0 radical (unpaired) electrons. The molecule has 3 rings (SSSR count). The molecule has 4 nitrogen and oxygen atoms in total. The van der Waals surface area contributed by atoms with Gasteiger partial charge in [-0.2, -0.15) is 0 Å². The van der Waals surface area contributed by atoms with Gasteiger partial charge in [0.1, 0.15) is 5.01 Å². The first-order valence-electron chi connectivity index (χ1n) is 7.69. The van der Waals surface area contributed by atoms with E-state index in [2.05, 4.69) is 16.0 Å². The minimum Gasteiger partial charge on any atom is -0.295 e. The zero-order valence-corrected chi connectivity index (χ0v) is 14.7. The second kappa shape index (κ2) is 6.26. The number of hydrogen-bond acceptors (Lipinski definition) is 5. The molecule has 6 heteroatoms. The SMILES string of the molecule is CN(Cc1nc2ccccc2s1)[C@@H]1CCCC[C@@H]1S(C)(=O)=O. The van der Waals surface area contributed by atoms with Crippen molar-refractivity contribution in [3.8, 4) is 0 Å². The number of nitrogens with zero attached hydrogens (tertiary/aromatic N) is 2.